The number of aromatic nitrogens is 3. The van der Waals surface area contributed by atoms with Crippen molar-refractivity contribution in [2.24, 2.45) is 10.7 Å². The number of methoxy groups -OCH3 is 1. The van der Waals surface area contributed by atoms with Gasteiger partial charge in [-0.2, -0.15) is 0 Å². The average molecular weight is 465 g/mol. The predicted molar refractivity (Wildman–Crippen MR) is 116 cm³/mol. The molecule has 1 aliphatic rings. The predicted octanol–water partition coefficient (Wildman–Crippen LogP) is 2.89. The van der Waals surface area contributed by atoms with Crippen LogP contribution in [0.2, 0.25) is 5.02 Å². The van der Waals surface area contributed by atoms with Gasteiger partial charge in [-0.1, -0.05) is 11.6 Å². The summed E-state index contributed by atoms with van der Waals surface area (Å²) in [7, 11) is 1.50. The molecule has 0 spiro atoms. The zero-order chi connectivity index (χ0) is 22.7. The van der Waals surface area contributed by atoms with Crippen molar-refractivity contribution in [3.8, 4) is 5.88 Å². The molecule has 1 saturated carbocycles. The summed E-state index contributed by atoms with van der Waals surface area (Å²) >= 11 is 6.09. The molecule has 10 nitrogen and oxygen atoms in total. The molecule has 0 unspecified atom stereocenters. The van der Waals surface area contributed by atoms with Crippen molar-refractivity contribution < 1.29 is 18.4 Å². The summed E-state index contributed by atoms with van der Waals surface area (Å²) < 4.78 is 31.8. The van der Waals surface area contributed by atoms with Gasteiger partial charge in [-0.3, -0.25) is 0 Å². The lowest BCUT2D eigenvalue weighted by Gasteiger charge is -2.13. The molecule has 168 valence electrons. The van der Waals surface area contributed by atoms with Crippen molar-refractivity contribution in [2.45, 2.75) is 18.5 Å². The zero-order valence-electron chi connectivity index (χ0n) is 16.8. The van der Waals surface area contributed by atoms with E-state index in [9.17, 15) is 8.78 Å². The monoisotopic (exact) mass is 464 g/mol. The maximum Gasteiger partial charge on any atom is 0.304 e. The van der Waals surface area contributed by atoms with Gasteiger partial charge in [0, 0.05) is 17.9 Å². The molecular weight excluding hydrogens is 446 g/mol. The number of amidine groups is 1. The molecule has 0 saturated heterocycles. The summed E-state index contributed by atoms with van der Waals surface area (Å²) in [6.07, 6.45) is 3.68. The Morgan fingerprint density at radius 3 is 2.97 bits per heavy atom. The largest absolute Gasteiger partial charge is 0.480 e. The minimum atomic E-state index is -0.978. The number of halogens is 3. The van der Waals surface area contributed by atoms with Gasteiger partial charge in [0.1, 0.15) is 5.52 Å². The first-order valence-electron chi connectivity index (χ1n) is 9.45. The smallest absolute Gasteiger partial charge is 0.304 e. The summed E-state index contributed by atoms with van der Waals surface area (Å²) in [5.41, 5.74) is 9.76. The van der Waals surface area contributed by atoms with Gasteiger partial charge in [-0.05, 0) is 24.6 Å². The molecule has 0 bridgehead atoms. The number of hydrogen-bond donors (Lipinski definition) is 4. The Kier molecular flexibility index (Phi) is 6.32. The number of nitrogens with zero attached hydrogens (tertiary/aromatic N) is 4. The molecule has 2 heterocycles. The highest BCUT2D eigenvalue weighted by atomic mass is 35.5. The molecule has 5 N–H and O–H groups in total. The van der Waals surface area contributed by atoms with Gasteiger partial charge in [-0.15, -0.1) is 5.48 Å². The standard InChI is InChI=1S/C19H19ClF2N8O2/c1-31-15-7-25-17-11(29-15)2-3-24-18(17)27-9-4-10(20)16(22)14(5-9)28-12-6-13(12)30-32-19(23)26-8-21/h2-5,7,12-13,28,30H,6,8H2,1H3,(H2,23,26)(H,24,27)/t12-,13+/m0/s1. The fraction of sp³-hybridized carbons (Fsp3) is 0.263. The lowest BCUT2D eigenvalue weighted by atomic mass is 10.2. The number of hydrogen-bond acceptors (Lipinski definition) is 9. The van der Waals surface area contributed by atoms with Gasteiger partial charge in [0.05, 0.1) is 35.6 Å². The minimum absolute atomic E-state index is 0.0776. The molecule has 1 fully saturated rings. The third-order valence-electron chi connectivity index (χ3n) is 4.60. The average Bonchev–Trinajstić information content (AvgIpc) is 3.53. The Morgan fingerprint density at radius 1 is 1.34 bits per heavy atom. The first-order valence-corrected chi connectivity index (χ1v) is 9.83. The fourth-order valence-corrected chi connectivity index (χ4v) is 3.15. The van der Waals surface area contributed by atoms with Crippen LogP contribution in [-0.2, 0) is 4.84 Å². The normalized spacial score (nSPS) is 17.8. The van der Waals surface area contributed by atoms with E-state index in [-0.39, 0.29) is 28.8 Å². The molecule has 0 amide bonds. The van der Waals surface area contributed by atoms with Crippen LogP contribution in [0.5, 0.6) is 5.88 Å². The molecule has 32 heavy (non-hydrogen) atoms. The van der Waals surface area contributed by atoms with Crippen LogP contribution < -0.4 is 26.6 Å². The molecule has 1 aliphatic carbocycles. The quantitative estimate of drug-likeness (QED) is 0.172. The molecular formula is C19H19ClF2N8O2. The number of nitrogens with two attached hydrogens (primary N) is 1. The summed E-state index contributed by atoms with van der Waals surface area (Å²) in [4.78, 5) is 21.1. The Bertz CT molecular complexity index is 1170. The molecule has 13 heteroatoms. The number of anilines is 3. The van der Waals surface area contributed by atoms with E-state index in [0.29, 0.717) is 34.8 Å². The van der Waals surface area contributed by atoms with Crippen molar-refractivity contribution >= 4 is 45.8 Å². The van der Waals surface area contributed by atoms with Crippen LogP contribution in [0.3, 0.4) is 0 Å². The number of hydroxylamine groups is 1. The van der Waals surface area contributed by atoms with Crippen molar-refractivity contribution in [2.75, 3.05) is 24.5 Å². The van der Waals surface area contributed by atoms with Crippen LogP contribution in [0, 0.1) is 5.82 Å². The van der Waals surface area contributed by atoms with E-state index in [1.54, 1.807) is 18.3 Å². The molecule has 0 radical (unpaired) electrons. The third-order valence-corrected chi connectivity index (χ3v) is 4.87. The first kappa shape index (κ1) is 21.7. The van der Waals surface area contributed by atoms with Gasteiger partial charge < -0.3 is 25.9 Å². The summed E-state index contributed by atoms with van der Waals surface area (Å²) in [6, 6.07) is 4.08. The summed E-state index contributed by atoms with van der Waals surface area (Å²) in [6.45, 7) is -0.978. The highest BCUT2D eigenvalue weighted by Gasteiger charge is 2.39. The van der Waals surface area contributed by atoms with Gasteiger partial charge in [0.2, 0.25) is 5.88 Å². The molecule has 2 aromatic heterocycles. The highest BCUT2D eigenvalue weighted by molar-refractivity contribution is 6.31. The van der Waals surface area contributed by atoms with Crippen LogP contribution in [0.15, 0.2) is 35.6 Å². The van der Waals surface area contributed by atoms with E-state index >= 15 is 0 Å². The first-order chi connectivity index (χ1) is 15.5. The second-order valence-electron chi connectivity index (χ2n) is 6.81. The molecule has 4 rings (SSSR count). The van der Waals surface area contributed by atoms with Crippen molar-refractivity contribution in [1.82, 2.24) is 20.4 Å². The third kappa shape index (κ3) is 4.86. The number of ether oxygens (including phenoxy) is 1. The number of rotatable bonds is 8. The Balaban J connectivity index is 1.49. The number of aliphatic imine (C=N–C) groups is 1. The van der Waals surface area contributed by atoms with Crippen molar-refractivity contribution in [1.29, 1.82) is 0 Å². The lowest BCUT2D eigenvalue weighted by Crippen LogP contribution is -2.30. The highest BCUT2D eigenvalue weighted by Crippen LogP contribution is 2.34. The summed E-state index contributed by atoms with van der Waals surface area (Å²) in [5, 5.41) is 6.07. The number of benzene rings is 1. The topological polar surface area (TPSA) is 132 Å². The molecule has 2 atom stereocenters. The van der Waals surface area contributed by atoms with E-state index in [2.05, 4.69) is 36.1 Å². The Morgan fingerprint density at radius 2 is 2.19 bits per heavy atom. The maximum atomic E-state index is 14.6. The van der Waals surface area contributed by atoms with Crippen LogP contribution in [0.25, 0.3) is 11.0 Å². The second kappa shape index (κ2) is 9.32. The second-order valence-corrected chi connectivity index (χ2v) is 7.22. The molecule has 3 aromatic rings. The summed E-state index contributed by atoms with van der Waals surface area (Å²) in [5.74, 6) is 0.200. The zero-order valence-corrected chi connectivity index (χ0v) is 17.5. The number of pyridine rings is 1. The molecule has 0 aliphatic heterocycles. The Labute approximate surface area is 186 Å². The fourth-order valence-electron chi connectivity index (χ4n) is 2.93. The lowest BCUT2D eigenvalue weighted by molar-refractivity contribution is 0.168. The molecule has 1 aromatic carbocycles. The maximum absolute atomic E-state index is 14.6. The van der Waals surface area contributed by atoms with E-state index in [0.717, 1.165) is 0 Å². The van der Waals surface area contributed by atoms with E-state index in [4.69, 9.17) is 26.9 Å². The SMILES string of the molecule is COc1cnc2c(Nc3cc(Cl)c(F)c(N[C@H]4C[C@H]4NO/C(N)=N\CF)c3)nccc2n1. The van der Waals surface area contributed by atoms with Crippen molar-refractivity contribution in [3.63, 3.8) is 0 Å². The van der Waals surface area contributed by atoms with E-state index < -0.39 is 12.6 Å². The minimum Gasteiger partial charge on any atom is -0.480 e. The Hall–Kier alpha value is -3.51. The number of alkyl halides is 1. The van der Waals surface area contributed by atoms with Gasteiger partial charge in [0.15, 0.2) is 18.4 Å². The van der Waals surface area contributed by atoms with E-state index in [1.165, 1.54) is 19.4 Å². The number of fused-ring (bicyclic) bond motifs is 1. The van der Waals surface area contributed by atoms with Gasteiger partial charge >= 0.3 is 6.02 Å². The number of nitrogens with one attached hydrogen (secondary N) is 3. The van der Waals surface area contributed by atoms with Crippen LogP contribution in [0.1, 0.15) is 6.42 Å². The van der Waals surface area contributed by atoms with Gasteiger partial charge in [-0.25, -0.2) is 28.7 Å². The van der Waals surface area contributed by atoms with Crippen LogP contribution in [-0.4, -0.2) is 47.0 Å². The van der Waals surface area contributed by atoms with Crippen LogP contribution in [0.4, 0.5) is 26.0 Å². The van der Waals surface area contributed by atoms with Gasteiger partial charge in [0.25, 0.3) is 0 Å². The van der Waals surface area contributed by atoms with Crippen LogP contribution >= 0.6 is 11.6 Å². The van der Waals surface area contributed by atoms with Crippen molar-refractivity contribution in [3.05, 3.63) is 41.4 Å². The van der Waals surface area contributed by atoms with E-state index in [1.807, 2.05) is 0 Å².